The fourth-order valence-corrected chi connectivity index (χ4v) is 2.37. The standard InChI is InChI=1S/C15H23ClFN/c1-3-5-6-9-13(18-4-2)11-12-8-7-10-14(16)15(12)17/h7-8,10,13,18H,3-6,9,11H2,1-2H3. The highest BCUT2D eigenvalue weighted by atomic mass is 35.5. The summed E-state index contributed by atoms with van der Waals surface area (Å²) in [7, 11) is 0. The molecule has 1 atom stereocenters. The molecule has 0 fully saturated rings. The molecule has 0 aliphatic carbocycles. The molecule has 0 aliphatic heterocycles. The van der Waals surface area contributed by atoms with Crippen LogP contribution in [0.15, 0.2) is 18.2 Å². The third kappa shape index (κ3) is 4.95. The maximum absolute atomic E-state index is 13.8. The van der Waals surface area contributed by atoms with Gasteiger partial charge >= 0.3 is 0 Å². The Balaban J connectivity index is 2.61. The van der Waals surface area contributed by atoms with Gasteiger partial charge in [0.15, 0.2) is 0 Å². The van der Waals surface area contributed by atoms with Crippen molar-refractivity contribution in [1.29, 1.82) is 0 Å². The molecule has 1 rings (SSSR count). The van der Waals surface area contributed by atoms with E-state index >= 15 is 0 Å². The summed E-state index contributed by atoms with van der Waals surface area (Å²) in [6.45, 7) is 5.19. The summed E-state index contributed by atoms with van der Waals surface area (Å²) in [6.07, 6.45) is 5.44. The second-order valence-electron chi connectivity index (χ2n) is 4.67. The van der Waals surface area contributed by atoms with Crippen molar-refractivity contribution >= 4 is 11.6 Å². The molecule has 102 valence electrons. The van der Waals surface area contributed by atoms with Crippen LogP contribution in [-0.2, 0) is 6.42 Å². The lowest BCUT2D eigenvalue weighted by Crippen LogP contribution is -2.31. The second-order valence-corrected chi connectivity index (χ2v) is 5.07. The Hall–Kier alpha value is -0.600. The molecule has 1 nitrogen and oxygen atoms in total. The lowest BCUT2D eigenvalue weighted by molar-refractivity contribution is 0.459. The Kier molecular flexibility index (Phi) is 7.29. The predicted molar refractivity (Wildman–Crippen MR) is 76.7 cm³/mol. The zero-order chi connectivity index (χ0) is 13.4. The second kappa shape index (κ2) is 8.49. The summed E-state index contributed by atoms with van der Waals surface area (Å²) in [6, 6.07) is 5.58. The normalized spacial score (nSPS) is 12.7. The molecule has 0 radical (unpaired) electrons. The van der Waals surface area contributed by atoms with E-state index in [4.69, 9.17) is 11.6 Å². The molecule has 0 heterocycles. The van der Waals surface area contributed by atoms with Crippen LogP contribution in [-0.4, -0.2) is 12.6 Å². The topological polar surface area (TPSA) is 12.0 Å². The molecule has 0 spiro atoms. The Morgan fingerprint density at radius 1 is 1.28 bits per heavy atom. The molecular formula is C15H23ClFN. The molecular weight excluding hydrogens is 249 g/mol. The highest BCUT2D eigenvalue weighted by molar-refractivity contribution is 6.30. The van der Waals surface area contributed by atoms with Crippen molar-refractivity contribution < 1.29 is 4.39 Å². The quantitative estimate of drug-likeness (QED) is 0.683. The van der Waals surface area contributed by atoms with Crippen molar-refractivity contribution in [3.8, 4) is 0 Å². The van der Waals surface area contributed by atoms with Crippen molar-refractivity contribution in [2.24, 2.45) is 0 Å². The number of rotatable bonds is 8. The first-order chi connectivity index (χ1) is 8.69. The van der Waals surface area contributed by atoms with Gasteiger partial charge in [0.1, 0.15) is 5.82 Å². The lowest BCUT2D eigenvalue weighted by atomic mass is 10.00. The average Bonchev–Trinajstić information content (AvgIpc) is 2.35. The van der Waals surface area contributed by atoms with Gasteiger partial charge in [-0.3, -0.25) is 0 Å². The summed E-state index contributed by atoms with van der Waals surface area (Å²) in [5.74, 6) is -0.266. The number of likely N-dealkylation sites (N-methyl/N-ethyl adjacent to an activating group) is 1. The Morgan fingerprint density at radius 2 is 2.06 bits per heavy atom. The molecule has 0 aliphatic rings. The van der Waals surface area contributed by atoms with Gasteiger partial charge in [-0.25, -0.2) is 4.39 Å². The molecule has 0 saturated heterocycles. The van der Waals surface area contributed by atoms with E-state index in [1.165, 1.54) is 19.3 Å². The van der Waals surface area contributed by atoms with Crippen molar-refractivity contribution in [3.63, 3.8) is 0 Å². The minimum Gasteiger partial charge on any atom is -0.314 e. The molecule has 1 aromatic rings. The van der Waals surface area contributed by atoms with Gasteiger partial charge in [-0.15, -0.1) is 0 Å². The summed E-state index contributed by atoms with van der Waals surface area (Å²) in [5, 5.41) is 3.65. The van der Waals surface area contributed by atoms with E-state index in [9.17, 15) is 4.39 Å². The van der Waals surface area contributed by atoms with E-state index in [0.29, 0.717) is 18.0 Å². The van der Waals surface area contributed by atoms with Gasteiger partial charge in [0.25, 0.3) is 0 Å². The number of unbranched alkanes of at least 4 members (excludes halogenated alkanes) is 2. The number of nitrogens with one attached hydrogen (secondary N) is 1. The Bertz CT molecular complexity index is 354. The molecule has 0 aromatic heterocycles. The van der Waals surface area contributed by atoms with Gasteiger partial charge in [-0.1, -0.05) is 56.8 Å². The largest absolute Gasteiger partial charge is 0.314 e. The van der Waals surface area contributed by atoms with E-state index in [0.717, 1.165) is 13.0 Å². The SMILES string of the molecule is CCCCCC(Cc1cccc(Cl)c1F)NCC. The van der Waals surface area contributed by atoms with Gasteiger partial charge in [0.05, 0.1) is 5.02 Å². The van der Waals surface area contributed by atoms with Gasteiger partial charge in [0.2, 0.25) is 0 Å². The van der Waals surface area contributed by atoms with E-state index in [1.807, 2.05) is 12.1 Å². The highest BCUT2D eigenvalue weighted by Gasteiger charge is 2.12. The zero-order valence-electron chi connectivity index (χ0n) is 11.3. The van der Waals surface area contributed by atoms with E-state index in [1.54, 1.807) is 6.07 Å². The van der Waals surface area contributed by atoms with Crippen LogP contribution in [0, 0.1) is 5.82 Å². The number of hydrogen-bond acceptors (Lipinski definition) is 1. The van der Waals surface area contributed by atoms with Gasteiger partial charge < -0.3 is 5.32 Å². The minimum absolute atomic E-state index is 0.219. The van der Waals surface area contributed by atoms with Crippen molar-refractivity contribution in [2.45, 2.75) is 52.0 Å². The number of halogens is 2. The maximum Gasteiger partial charge on any atom is 0.145 e. The fraction of sp³-hybridized carbons (Fsp3) is 0.600. The number of hydrogen-bond donors (Lipinski definition) is 1. The first-order valence-electron chi connectivity index (χ1n) is 6.85. The molecule has 0 bridgehead atoms. The van der Waals surface area contributed by atoms with E-state index in [-0.39, 0.29) is 10.8 Å². The van der Waals surface area contributed by atoms with Crippen LogP contribution in [0.4, 0.5) is 4.39 Å². The third-order valence-corrected chi connectivity index (χ3v) is 3.44. The predicted octanol–water partition coefficient (Wildman–Crippen LogP) is 4.58. The third-order valence-electron chi connectivity index (χ3n) is 3.15. The zero-order valence-corrected chi connectivity index (χ0v) is 12.1. The van der Waals surface area contributed by atoms with Gasteiger partial charge in [-0.2, -0.15) is 0 Å². The van der Waals surface area contributed by atoms with Crippen LogP contribution in [0.25, 0.3) is 0 Å². The van der Waals surface area contributed by atoms with Gasteiger partial charge in [-0.05, 0) is 31.0 Å². The smallest absolute Gasteiger partial charge is 0.145 e. The van der Waals surface area contributed by atoms with Crippen LogP contribution >= 0.6 is 11.6 Å². The van der Waals surface area contributed by atoms with Gasteiger partial charge in [0, 0.05) is 6.04 Å². The van der Waals surface area contributed by atoms with Crippen LogP contribution in [0.5, 0.6) is 0 Å². The monoisotopic (exact) mass is 271 g/mol. The Morgan fingerprint density at radius 3 is 2.72 bits per heavy atom. The average molecular weight is 272 g/mol. The highest BCUT2D eigenvalue weighted by Crippen LogP contribution is 2.20. The molecule has 1 aromatic carbocycles. The van der Waals surface area contributed by atoms with Crippen LogP contribution in [0.3, 0.4) is 0 Å². The van der Waals surface area contributed by atoms with E-state index in [2.05, 4.69) is 19.2 Å². The summed E-state index contributed by atoms with van der Waals surface area (Å²) < 4.78 is 13.8. The van der Waals surface area contributed by atoms with Crippen molar-refractivity contribution in [2.75, 3.05) is 6.54 Å². The molecule has 3 heteroatoms. The Labute approximate surface area is 115 Å². The molecule has 18 heavy (non-hydrogen) atoms. The molecule has 0 amide bonds. The fourth-order valence-electron chi connectivity index (χ4n) is 2.18. The minimum atomic E-state index is -0.266. The van der Waals surface area contributed by atoms with Crippen LogP contribution in [0.1, 0.15) is 45.1 Å². The molecule has 1 N–H and O–H groups in total. The van der Waals surface area contributed by atoms with Crippen molar-refractivity contribution in [3.05, 3.63) is 34.6 Å². The lowest BCUT2D eigenvalue weighted by Gasteiger charge is -2.18. The summed E-state index contributed by atoms with van der Waals surface area (Å²) in [5.41, 5.74) is 0.713. The first kappa shape index (κ1) is 15.5. The molecule has 0 saturated carbocycles. The van der Waals surface area contributed by atoms with Crippen LogP contribution < -0.4 is 5.32 Å². The summed E-state index contributed by atoms with van der Waals surface area (Å²) in [4.78, 5) is 0. The van der Waals surface area contributed by atoms with E-state index < -0.39 is 0 Å². The van der Waals surface area contributed by atoms with Crippen LogP contribution in [0.2, 0.25) is 5.02 Å². The summed E-state index contributed by atoms with van der Waals surface area (Å²) >= 11 is 5.81. The maximum atomic E-state index is 13.8. The first-order valence-corrected chi connectivity index (χ1v) is 7.23. The number of benzene rings is 1. The molecule has 1 unspecified atom stereocenters. The van der Waals surface area contributed by atoms with Crippen molar-refractivity contribution in [1.82, 2.24) is 5.32 Å².